The van der Waals surface area contributed by atoms with E-state index in [0.717, 1.165) is 5.56 Å². The second-order valence-corrected chi connectivity index (χ2v) is 5.49. The fourth-order valence-electron chi connectivity index (χ4n) is 1.96. The lowest BCUT2D eigenvalue weighted by Gasteiger charge is -2.09. The average Bonchev–Trinajstić information content (AvgIpc) is 2.53. The first-order valence-electron chi connectivity index (χ1n) is 7.10. The maximum Gasteiger partial charge on any atom is 0.411 e. The van der Waals surface area contributed by atoms with Gasteiger partial charge < -0.3 is 10.1 Å². The fraction of sp³-hybridized carbons (Fsp3) is 0.235. The smallest absolute Gasteiger partial charge is 0.367 e. The van der Waals surface area contributed by atoms with Gasteiger partial charge in [0.05, 0.1) is 17.2 Å². The molecule has 0 aliphatic carbocycles. The van der Waals surface area contributed by atoms with Crippen LogP contribution in [0.2, 0.25) is 5.02 Å². The van der Waals surface area contributed by atoms with Gasteiger partial charge in [0, 0.05) is 6.54 Å². The Morgan fingerprint density at radius 3 is 2.29 bits per heavy atom. The number of amides is 1. The first-order chi connectivity index (χ1) is 11.3. The van der Waals surface area contributed by atoms with Crippen molar-refractivity contribution in [2.45, 2.75) is 19.3 Å². The zero-order chi connectivity index (χ0) is 17.6. The summed E-state index contributed by atoms with van der Waals surface area (Å²) in [6.45, 7) is -1.11. The van der Waals surface area contributed by atoms with Gasteiger partial charge in [0.2, 0.25) is 0 Å². The Kier molecular flexibility index (Phi) is 6.23. The van der Waals surface area contributed by atoms with E-state index in [2.05, 4.69) is 10.1 Å². The van der Waals surface area contributed by atoms with Crippen molar-refractivity contribution in [2.75, 3.05) is 6.61 Å². The molecule has 0 bridgehead atoms. The summed E-state index contributed by atoms with van der Waals surface area (Å²) in [5.41, 5.74) is 1.83. The Labute approximate surface area is 142 Å². The van der Waals surface area contributed by atoms with Gasteiger partial charge >= 0.3 is 6.18 Å². The fourth-order valence-corrected chi connectivity index (χ4v) is 2.18. The molecule has 1 N–H and O–H groups in total. The number of benzene rings is 2. The molecule has 0 saturated heterocycles. The van der Waals surface area contributed by atoms with E-state index in [-0.39, 0.29) is 19.1 Å². The molecule has 3 nitrogen and oxygen atoms in total. The van der Waals surface area contributed by atoms with Gasteiger partial charge in [0.25, 0.3) is 5.91 Å². The van der Waals surface area contributed by atoms with Gasteiger partial charge in [-0.15, -0.1) is 0 Å². The number of hydrogen-bond acceptors (Lipinski definition) is 2. The predicted octanol–water partition coefficient (Wildman–Crippen LogP) is 4.35. The largest absolute Gasteiger partial charge is 0.411 e. The molecular formula is C17H15ClF3NO2. The highest BCUT2D eigenvalue weighted by Gasteiger charge is 2.27. The minimum absolute atomic E-state index is 0.119. The molecule has 2 rings (SSSR count). The molecule has 128 valence electrons. The van der Waals surface area contributed by atoms with Crippen LogP contribution in [0.5, 0.6) is 0 Å². The Morgan fingerprint density at radius 2 is 1.67 bits per heavy atom. The van der Waals surface area contributed by atoms with Crippen LogP contribution in [0.1, 0.15) is 21.5 Å². The molecule has 24 heavy (non-hydrogen) atoms. The Bertz CT molecular complexity index is 687. The highest BCUT2D eigenvalue weighted by molar-refractivity contribution is 6.33. The zero-order valence-electron chi connectivity index (χ0n) is 12.6. The van der Waals surface area contributed by atoms with E-state index in [1.54, 1.807) is 48.5 Å². The molecule has 0 unspecified atom stereocenters. The molecule has 0 aromatic heterocycles. The molecule has 0 aliphatic rings. The number of hydrogen-bond donors (Lipinski definition) is 1. The SMILES string of the molecule is O=C(NCc1ccc(COCC(F)(F)F)cc1)c1ccccc1Cl. The van der Waals surface area contributed by atoms with Crippen LogP contribution in [0.25, 0.3) is 0 Å². The molecule has 0 atom stereocenters. The van der Waals surface area contributed by atoms with Crippen LogP contribution >= 0.6 is 11.6 Å². The van der Waals surface area contributed by atoms with E-state index >= 15 is 0 Å². The second kappa shape index (κ2) is 8.17. The Balaban J connectivity index is 1.84. The quantitative estimate of drug-likeness (QED) is 0.834. The van der Waals surface area contributed by atoms with E-state index in [0.29, 0.717) is 16.1 Å². The highest BCUT2D eigenvalue weighted by atomic mass is 35.5. The summed E-state index contributed by atoms with van der Waals surface area (Å²) in [6.07, 6.45) is -4.33. The third-order valence-electron chi connectivity index (χ3n) is 3.13. The van der Waals surface area contributed by atoms with Crippen LogP contribution in [0, 0.1) is 0 Å². The van der Waals surface area contributed by atoms with E-state index in [9.17, 15) is 18.0 Å². The van der Waals surface area contributed by atoms with E-state index in [1.807, 2.05) is 0 Å². The van der Waals surface area contributed by atoms with E-state index < -0.39 is 12.8 Å². The number of nitrogens with one attached hydrogen (secondary N) is 1. The van der Waals surface area contributed by atoms with Gasteiger partial charge in [-0.1, -0.05) is 48.0 Å². The summed E-state index contributed by atoms with van der Waals surface area (Å²) in [4.78, 5) is 12.0. The maximum absolute atomic E-state index is 12.0. The van der Waals surface area contributed by atoms with Gasteiger partial charge in [-0.25, -0.2) is 0 Å². The van der Waals surface area contributed by atoms with Crippen LogP contribution < -0.4 is 5.32 Å². The molecule has 0 fully saturated rings. The van der Waals surface area contributed by atoms with Crippen molar-refractivity contribution in [1.82, 2.24) is 5.32 Å². The summed E-state index contributed by atoms with van der Waals surface area (Å²) in [5.74, 6) is -0.293. The van der Waals surface area contributed by atoms with Gasteiger partial charge in [-0.3, -0.25) is 4.79 Å². The summed E-state index contributed by atoms with van der Waals surface area (Å²) < 4.78 is 40.6. The Hall–Kier alpha value is -2.05. The average molecular weight is 358 g/mol. The molecule has 2 aromatic rings. The number of carbonyl (C=O) groups is 1. The molecule has 0 aliphatic heterocycles. The lowest BCUT2D eigenvalue weighted by Crippen LogP contribution is -2.23. The van der Waals surface area contributed by atoms with Crippen molar-refractivity contribution < 1.29 is 22.7 Å². The maximum atomic E-state index is 12.0. The van der Waals surface area contributed by atoms with E-state index in [1.165, 1.54) is 0 Å². The van der Waals surface area contributed by atoms with Crippen LogP contribution in [0.15, 0.2) is 48.5 Å². The lowest BCUT2D eigenvalue weighted by atomic mass is 10.1. The van der Waals surface area contributed by atoms with Gasteiger partial charge in [0.1, 0.15) is 6.61 Å². The van der Waals surface area contributed by atoms with E-state index in [4.69, 9.17) is 11.6 Å². The second-order valence-electron chi connectivity index (χ2n) is 5.09. The molecule has 0 spiro atoms. The van der Waals surface area contributed by atoms with Crippen LogP contribution in [-0.2, 0) is 17.9 Å². The van der Waals surface area contributed by atoms with Crippen LogP contribution in [-0.4, -0.2) is 18.7 Å². The predicted molar refractivity (Wildman–Crippen MR) is 84.8 cm³/mol. The summed E-state index contributed by atoms with van der Waals surface area (Å²) in [7, 11) is 0. The van der Waals surface area contributed by atoms with Crippen molar-refractivity contribution in [3.8, 4) is 0 Å². The van der Waals surface area contributed by atoms with Gasteiger partial charge in [-0.2, -0.15) is 13.2 Å². The number of ether oxygens (including phenoxy) is 1. The minimum Gasteiger partial charge on any atom is -0.367 e. The Morgan fingerprint density at radius 1 is 1.04 bits per heavy atom. The highest BCUT2D eigenvalue weighted by Crippen LogP contribution is 2.16. The standard InChI is InChI=1S/C17H15ClF3NO2/c18-15-4-2-1-3-14(15)16(23)22-9-12-5-7-13(8-6-12)10-24-11-17(19,20)21/h1-8H,9-11H2,(H,22,23). The van der Waals surface area contributed by atoms with Crippen molar-refractivity contribution in [3.05, 3.63) is 70.2 Å². The lowest BCUT2D eigenvalue weighted by molar-refractivity contribution is -0.176. The minimum atomic E-state index is -4.33. The normalized spacial score (nSPS) is 11.3. The molecule has 7 heteroatoms. The van der Waals surface area contributed by atoms with Gasteiger partial charge in [0.15, 0.2) is 0 Å². The summed E-state index contributed by atoms with van der Waals surface area (Å²) >= 11 is 5.95. The number of rotatable bonds is 6. The third kappa shape index (κ3) is 5.86. The molecule has 2 aromatic carbocycles. The van der Waals surface area contributed by atoms with Crippen molar-refractivity contribution in [1.29, 1.82) is 0 Å². The molecule has 0 radical (unpaired) electrons. The van der Waals surface area contributed by atoms with Crippen molar-refractivity contribution in [3.63, 3.8) is 0 Å². The monoisotopic (exact) mass is 357 g/mol. The summed E-state index contributed by atoms with van der Waals surface area (Å²) in [6, 6.07) is 13.5. The number of alkyl halides is 3. The van der Waals surface area contributed by atoms with Crippen LogP contribution in [0.4, 0.5) is 13.2 Å². The topological polar surface area (TPSA) is 38.3 Å². The zero-order valence-corrected chi connectivity index (χ0v) is 13.3. The van der Waals surface area contributed by atoms with Gasteiger partial charge in [-0.05, 0) is 23.3 Å². The van der Waals surface area contributed by atoms with Crippen molar-refractivity contribution >= 4 is 17.5 Å². The first-order valence-corrected chi connectivity index (χ1v) is 7.48. The third-order valence-corrected chi connectivity index (χ3v) is 3.46. The molecule has 0 heterocycles. The molecular weight excluding hydrogens is 343 g/mol. The van der Waals surface area contributed by atoms with Crippen LogP contribution in [0.3, 0.4) is 0 Å². The number of carbonyl (C=O) groups excluding carboxylic acids is 1. The first kappa shape index (κ1) is 18.3. The van der Waals surface area contributed by atoms with Crippen molar-refractivity contribution in [2.24, 2.45) is 0 Å². The molecule has 1 amide bonds. The molecule has 0 saturated carbocycles. The number of halogens is 4. The summed E-state index contributed by atoms with van der Waals surface area (Å²) in [5, 5.41) is 3.10.